The van der Waals surface area contributed by atoms with Crippen LogP contribution in [0.1, 0.15) is 40.1 Å². The predicted molar refractivity (Wildman–Crippen MR) is 96.6 cm³/mol. The molecular weight excluding hydrogens is 300 g/mol. The molecule has 4 nitrogen and oxygen atoms in total. The molecule has 1 aromatic heterocycles. The summed E-state index contributed by atoms with van der Waals surface area (Å²) in [5, 5.41) is 4.08. The van der Waals surface area contributed by atoms with Gasteiger partial charge < -0.3 is 15.0 Å². The van der Waals surface area contributed by atoms with Crippen molar-refractivity contribution in [2.24, 2.45) is 0 Å². The van der Waals surface area contributed by atoms with E-state index in [1.54, 1.807) is 7.11 Å². The molecule has 0 spiro atoms. The maximum atomic E-state index is 12.6. The molecule has 0 aliphatic heterocycles. The molecule has 1 heterocycles. The number of hydrogen-bond acceptors (Lipinski definition) is 2. The highest BCUT2D eigenvalue weighted by Crippen LogP contribution is 2.26. The Morgan fingerprint density at radius 2 is 1.79 bits per heavy atom. The molecule has 0 saturated carbocycles. The number of carbonyl (C=O) groups is 1. The first kappa shape index (κ1) is 16.1. The van der Waals surface area contributed by atoms with E-state index in [2.05, 4.69) is 16.4 Å². The maximum absolute atomic E-state index is 12.6. The maximum Gasteiger partial charge on any atom is 0.268 e. The summed E-state index contributed by atoms with van der Waals surface area (Å²) in [6, 6.07) is 13.8. The molecule has 0 aliphatic rings. The Morgan fingerprint density at radius 3 is 2.54 bits per heavy atom. The number of aromatic amines is 1. The lowest BCUT2D eigenvalue weighted by Crippen LogP contribution is -2.27. The minimum atomic E-state index is -0.152. The van der Waals surface area contributed by atoms with Crippen molar-refractivity contribution in [2.45, 2.75) is 26.8 Å². The third-order valence-electron chi connectivity index (χ3n) is 4.22. The molecule has 24 heavy (non-hydrogen) atoms. The second-order valence-electron chi connectivity index (χ2n) is 6.21. The van der Waals surface area contributed by atoms with Crippen molar-refractivity contribution in [3.05, 3.63) is 64.8 Å². The molecule has 3 aromatic rings. The molecule has 0 fully saturated rings. The van der Waals surface area contributed by atoms with Crippen LogP contribution in [0.4, 0.5) is 0 Å². The van der Waals surface area contributed by atoms with Gasteiger partial charge in [-0.2, -0.15) is 0 Å². The van der Waals surface area contributed by atoms with Crippen LogP contribution in [0.5, 0.6) is 5.75 Å². The average Bonchev–Trinajstić information content (AvgIpc) is 2.98. The first-order chi connectivity index (χ1) is 11.5. The predicted octanol–water partition coefficient (Wildman–Crippen LogP) is 4.28. The van der Waals surface area contributed by atoms with Gasteiger partial charge in [-0.15, -0.1) is 0 Å². The van der Waals surface area contributed by atoms with E-state index in [9.17, 15) is 4.79 Å². The van der Waals surface area contributed by atoms with Crippen molar-refractivity contribution >= 4 is 16.8 Å². The van der Waals surface area contributed by atoms with Crippen molar-refractivity contribution < 1.29 is 9.53 Å². The first-order valence-corrected chi connectivity index (χ1v) is 8.02. The lowest BCUT2D eigenvalue weighted by Gasteiger charge is -2.17. The highest BCUT2D eigenvalue weighted by atomic mass is 16.5. The van der Waals surface area contributed by atoms with E-state index in [0.29, 0.717) is 5.69 Å². The van der Waals surface area contributed by atoms with Gasteiger partial charge in [0.25, 0.3) is 5.91 Å². The van der Waals surface area contributed by atoms with Gasteiger partial charge >= 0.3 is 0 Å². The largest absolute Gasteiger partial charge is 0.496 e. The molecule has 3 rings (SSSR count). The van der Waals surface area contributed by atoms with E-state index in [0.717, 1.165) is 27.8 Å². The van der Waals surface area contributed by atoms with Crippen LogP contribution >= 0.6 is 0 Å². The van der Waals surface area contributed by atoms with Crippen LogP contribution < -0.4 is 10.1 Å². The number of hydrogen-bond donors (Lipinski definition) is 2. The van der Waals surface area contributed by atoms with E-state index in [1.165, 1.54) is 5.56 Å². The number of amides is 1. The van der Waals surface area contributed by atoms with Crippen molar-refractivity contribution in [1.82, 2.24) is 10.3 Å². The first-order valence-electron chi connectivity index (χ1n) is 8.02. The van der Waals surface area contributed by atoms with Crippen molar-refractivity contribution in [3.8, 4) is 5.75 Å². The van der Waals surface area contributed by atoms with E-state index in [4.69, 9.17) is 4.74 Å². The van der Waals surface area contributed by atoms with Gasteiger partial charge in [-0.05, 0) is 45.0 Å². The van der Waals surface area contributed by atoms with Crippen LogP contribution in [0.15, 0.2) is 42.5 Å². The van der Waals surface area contributed by atoms with Crippen LogP contribution in [-0.4, -0.2) is 18.0 Å². The van der Waals surface area contributed by atoms with Gasteiger partial charge in [0.05, 0.1) is 13.2 Å². The molecule has 2 N–H and O–H groups in total. The minimum absolute atomic E-state index is 0.125. The number of fused-ring (bicyclic) bond motifs is 1. The average molecular weight is 322 g/mol. The number of rotatable bonds is 4. The molecule has 0 radical (unpaired) electrons. The van der Waals surface area contributed by atoms with E-state index in [-0.39, 0.29) is 11.9 Å². The highest BCUT2D eigenvalue weighted by molar-refractivity contribution is 5.98. The molecule has 4 heteroatoms. The zero-order chi connectivity index (χ0) is 17.3. The van der Waals surface area contributed by atoms with Gasteiger partial charge in [0.2, 0.25) is 0 Å². The van der Waals surface area contributed by atoms with Crippen LogP contribution in [0.2, 0.25) is 0 Å². The number of nitrogens with one attached hydrogen (secondary N) is 2. The van der Waals surface area contributed by atoms with E-state index >= 15 is 0 Å². The number of H-pyrrole nitrogens is 1. The minimum Gasteiger partial charge on any atom is -0.496 e. The van der Waals surface area contributed by atoms with Gasteiger partial charge in [-0.25, -0.2) is 0 Å². The van der Waals surface area contributed by atoms with Gasteiger partial charge in [-0.1, -0.05) is 29.3 Å². The van der Waals surface area contributed by atoms with Crippen LogP contribution in [0.3, 0.4) is 0 Å². The molecule has 1 amide bonds. The fraction of sp³-hybridized carbons (Fsp3) is 0.250. The SMILES string of the molecule is COc1ccc(C)cc1C(C)NC(=O)c1cc2cc(C)ccc2[nH]1. The summed E-state index contributed by atoms with van der Waals surface area (Å²) >= 11 is 0. The number of aromatic nitrogens is 1. The molecule has 2 aromatic carbocycles. The Kier molecular flexibility index (Phi) is 4.30. The molecule has 1 unspecified atom stereocenters. The smallest absolute Gasteiger partial charge is 0.268 e. The van der Waals surface area contributed by atoms with Crippen LogP contribution in [-0.2, 0) is 0 Å². The number of benzene rings is 2. The Balaban J connectivity index is 1.84. The summed E-state index contributed by atoms with van der Waals surface area (Å²) < 4.78 is 5.41. The fourth-order valence-corrected chi connectivity index (χ4v) is 2.92. The van der Waals surface area contributed by atoms with Gasteiger partial charge in [0, 0.05) is 16.5 Å². The fourth-order valence-electron chi connectivity index (χ4n) is 2.92. The summed E-state index contributed by atoms with van der Waals surface area (Å²) in [6.45, 7) is 6.03. The highest BCUT2D eigenvalue weighted by Gasteiger charge is 2.16. The zero-order valence-corrected chi connectivity index (χ0v) is 14.4. The molecule has 124 valence electrons. The summed E-state index contributed by atoms with van der Waals surface area (Å²) in [5.41, 5.74) is 4.80. The Hall–Kier alpha value is -2.75. The van der Waals surface area contributed by atoms with Crippen molar-refractivity contribution in [3.63, 3.8) is 0 Å². The molecule has 0 saturated heterocycles. The van der Waals surface area contributed by atoms with E-state index in [1.807, 2.05) is 57.2 Å². The molecule has 0 bridgehead atoms. The Labute approximate surface area is 141 Å². The number of ether oxygens (including phenoxy) is 1. The Bertz CT molecular complexity index is 896. The zero-order valence-electron chi connectivity index (χ0n) is 14.4. The van der Waals surface area contributed by atoms with E-state index < -0.39 is 0 Å². The second-order valence-corrected chi connectivity index (χ2v) is 6.21. The second kappa shape index (κ2) is 6.40. The van der Waals surface area contributed by atoms with Gasteiger partial charge in [-0.3, -0.25) is 4.79 Å². The monoisotopic (exact) mass is 322 g/mol. The third kappa shape index (κ3) is 3.13. The number of methoxy groups -OCH3 is 1. The summed E-state index contributed by atoms with van der Waals surface area (Å²) in [4.78, 5) is 15.8. The quantitative estimate of drug-likeness (QED) is 0.753. The van der Waals surface area contributed by atoms with Gasteiger partial charge in [0.1, 0.15) is 11.4 Å². The van der Waals surface area contributed by atoms with Gasteiger partial charge in [0.15, 0.2) is 0 Å². The van der Waals surface area contributed by atoms with Crippen molar-refractivity contribution in [2.75, 3.05) is 7.11 Å². The normalized spacial score (nSPS) is 12.2. The van der Waals surface area contributed by atoms with Crippen molar-refractivity contribution in [1.29, 1.82) is 0 Å². The number of carbonyl (C=O) groups excluding carboxylic acids is 1. The topological polar surface area (TPSA) is 54.1 Å². The summed E-state index contributed by atoms with van der Waals surface area (Å²) in [5.74, 6) is 0.653. The number of aryl methyl sites for hydroxylation is 2. The summed E-state index contributed by atoms with van der Waals surface area (Å²) in [7, 11) is 1.64. The third-order valence-corrected chi connectivity index (χ3v) is 4.22. The summed E-state index contributed by atoms with van der Waals surface area (Å²) in [6.07, 6.45) is 0. The van der Waals surface area contributed by atoms with Crippen LogP contribution in [0, 0.1) is 13.8 Å². The lowest BCUT2D eigenvalue weighted by molar-refractivity contribution is 0.0935. The van der Waals surface area contributed by atoms with Crippen LogP contribution in [0.25, 0.3) is 10.9 Å². The lowest BCUT2D eigenvalue weighted by atomic mass is 10.0. The molecular formula is C20H22N2O2. The molecule has 0 aliphatic carbocycles. The molecule has 1 atom stereocenters. The standard InChI is InChI=1S/C20H22N2O2/c1-12-5-7-17-15(9-12)11-18(22-17)20(23)21-14(3)16-10-13(2)6-8-19(16)24-4/h5-11,14,22H,1-4H3,(H,21,23). The Morgan fingerprint density at radius 1 is 1.08 bits per heavy atom.